The number of hydrogen-bond acceptors (Lipinski definition) is 1. The van der Waals surface area contributed by atoms with Gasteiger partial charge in [0.05, 0.1) is 11.0 Å². The zero-order valence-electron chi connectivity index (χ0n) is 19.2. The molecule has 7 rings (SSSR count). The molecule has 0 amide bonds. The highest BCUT2D eigenvalue weighted by Gasteiger charge is 2.16. The Labute approximate surface area is 197 Å². The van der Waals surface area contributed by atoms with Crippen LogP contribution in [0.3, 0.4) is 0 Å². The number of nitrogens with zero attached hydrogens (tertiary/aromatic N) is 1. The Bertz CT molecular complexity index is 1880. The number of rotatable bonds is 2. The van der Waals surface area contributed by atoms with Gasteiger partial charge in [-0.15, -0.1) is 0 Å². The van der Waals surface area contributed by atoms with E-state index in [0.717, 1.165) is 11.2 Å². The monoisotopic (exact) mass is 437 g/mol. The number of aryl methyl sites for hydroxylation is 2. The molecule has 0 saturated carbocycles. The molecule has 2 heteroatoms. The lowest BCUT2D eigenvalue weighted by atomic mass is 9.96. The third-order valence-electron chi connectivity index (χ3n) is 7.04. The van der Waals surface area contributed by atoms with Crippen LogP contribution in [-0.2, 0) is 0 Å². The Balaban J connectivity index is 1.49. The number of aromatic nitrogens is 1. The number of para-hydroxylation sites is 2. The molecule has 0 atom stereocenters. The van der Waals surface area contributed by atoms with Crippen molar-refractivity contribution in [3.05, 3.63) is 114 Å². The summed E-state index contributed by atoms with van der Waals surface area (Å²) in [5, 5.41) is 4.87. The van der Waals surface area contributed by atoms with Crippen LogP contribution in [0.15, 0.2) is 108 Å². The van der Waals surface area contributed by atoms with E-state index < -0.39 is 0 Å². The van der Waals surface area contributed by atoms with Crippen LogP contribution in [0.1, 0.15) is 11.1 Å². The van der Waals surface area contributed by atoms with Gasteiger partial charge in [0.25, 0.3) is 0 Å². The highest BCUT2D eigenvalue weighted by Crippen LogP contribution is 2.39. The van der Waals surface area contributed by atoms with E-state index in [1.165, 1.54) is 60.5 Å². The van der Waals surface area contributed by atoms with Crippen LogP contribution in [0.5, 0.6) is 0 Å². The van der Waals surface area contributed by atoms with Crippen LogP contribution in [-0.4, -0.2) is 4.57 Å². The van der Waals surface area contributed by atoms with Crippen LogP contribution < -0.4 is 0 Å². The molecule has 2 nitrogen and oxygen atoms in total. The lowest BCUT2D eigenvalue weighted by Gasteiger charge is -2.10. The first-order valence-corrected chi connectivity index (χ1v) is 11.7. The summed E-state index contributed by atoms with van der Waals surface area (Å²) < 4.78 is 8.64. The Morgan fingerprint density at radius 3 is 2.26 bits per heavy atom. The van der Waals surface area contributed by atoms with Crippen LogP contribution in [0.4, 0.5) is 0 Å². The molecule has 34 heavy (non-hydrogen) atoms. The quantitative estimate of drug-likeness (QED) is 0.264. The van der Waals surface area contributed by atoms with Crippen molar-refractivity contribution in [2.24, 2.45) is 0 Å². The van der Waals surface area contributed by atoms with E-state index in [1.807, 2.05) is 12.1 Å². The maximum absolute atomic E-state index is 6.27. The molecular weight excluding hydrogens is 414 g/mol. The Kier molecular flexibility index (Phi) is 4.01. The third kappa shape index (κ3) is 2.69. The summed E-state index contributed by atoms with van der Waals surface area (Å²) in [6.45, 7) is 4.31. The summed E-state index contributed by atoms with van der Waals surface area (Å²) in [5.74, 6) is 0. The largest absolute Gasteiger partial charge is 0.456 e. The molecule has 5 aromatic carbocycles. The molecular formula is C32H23NO. The van der Waals surface area contributed by atoms with Gasteiger partial charge < -0.3 is 8.98 Å². The fraction of sp³-hybridized carbons (Fsp3) is 0.0625. The standard InChI is InChI=1S/C32H23NO/c1-20-8-7-9-23(18-20)33-29-12-5-3-10-25(29)28-19-22(14-17-30(28)33)24-15-16-27-26-11-4-6-13-31(26)34-32(27)21(24)2/h3-19H,1-2H3. The number of fused-ring (bicyclic) bond motifs is 6. The molecule has 0 aliphatic carbocycles. The maximum Gasteiger partial charge on any atom is 0.138 e. The Hall–Kier alpha value is -4.30. The van der Waals surface area contributed by atoms with E-state index >= 15 is 0 Å². The average Bonchev–Trinajstić information content (AvgIpc) is 3.40. The van der Waals surface area contributed by atoms with Gasteiger partial charge in [0.2, 0.25) is 0 Å². The minimum Gasteiger partial charge on any atom is -0.456 e. The van der Waals surface area contributed by atoms with Crippen molar-refractivity contribution >= 4 is 43.7 Å². The third-order valence-corrected chi connectivity index (χ3v) is 7.04. The molecule has 0 unspecified atom stereocenters. The summed E-state index contributed by atoms with van der Waals surface area (Å²) >= 11 is 0. The highest BCUT2D eigenvalue weighted by atomic mass is 16.3. The second kappa shape index (κ2) is 7.10. The molecule has 0 saturated heterocycles. The van der Waals surface area contributed by atoms with Crippen molar-refractivity contribution in [3.8, 4) is 16.8 Å². The fourth-order valence-corrected chi connectivity index (χ4v) is 5.42. The topological polar surface area (TPSA) is 18.1 Å². The molecule has 0 aliphatic rings. The molecule has 0 bridgehead atoms. The van der Waals surface area contributed by atoms with Gasteiger partial charge in [0.1, 0.15) is 11.2 Å². The van der Waals surface area contributed by atoms with Gasteiger partial charge in [-0.2, -0.15) is 0 Å². The second-order valence-corrected chi connectivity index (χ2v) is 9.14. The number of hydrogen-bond donors (Lipinski definition) is 0. The molecule has 0 N–H and O–H groups in total. The van der Waals surface area contributed by atoms with Crippen molar-refractivity contribution in [1.82, 2.24) is 4.57 Å². The summed E-state index contributed by atoms with van der Waals surface area (Å²) in [7, 11) is 0. The van der Waals surface area contributed by atoms with Gasteiger partial charge in [0.15, 0.2) is 0 Å². The smallest absolute Gasteiger partial charge is 0.138 e. The second-order valence-electron chi connectivity index (χ2n) is 9.14. The van der Waals surface area contributed by atoms with Gasteiger partial charge >= 0.3 is 0 Å². The van der Waals surface area contributed by atoms with E-state index in [4.69, 9.17) is 4.42 Å². The van der Waals surface area contributed by atoms with Gasteiger partial charge in [0, 0.05) is 32.8 Å². The predicted molar refractivity (Wildman–Crippen MR) is 143 cm³/mol. The van der Waals surface area contributed by atoms with E-state index in [-0.39, 0.29) is 0 Å². The first kappa shape index (κ1) is 19.2. The van der Waals surface area contributed by atoms with E-state index in [0.29, 0.717) is 0 Å². The normalized spacial score (nSPS) is 11.8. The summed E-state index contributed by atoms with van der Waals surface area (Å²) in [6.07, 6.45) is 0. The fourth-order valence-electron chi connectivity index (χ4n) is 5.42. The van der Waals surface area contributed by atoms with Crippen molar-refractivity contribution in [2.75, 3.05) is 0 Å². The molecule has 0 spiro atoms. The Morgan fingerprint density at radius 2 is 1.38 bits per heavy atom. The van der Waals surface area contributed by atoms with Crippen LogP contribution >= 0.6 is 0 Å². The van der Waals surface area contributed by atoms with Crippen LogP contribution in [0.25, 0.3) is 60.6 Å². The summed E-state index contributed by atoms with van der Waals surface area (Å²) in [4.78, 5) is 0. The lowest BCUT2D eigenvalue weighted by molar-refractivity contribution is 0.666. The van der Waals surface area contributed by atoms with Crippen molar-refractivity contribution in [2.45, 2.75) is 13.8 Å². The lowest BCUT2D eigenvalue weighted by Crippen LogP contribution is -1.94. The molecule has 7 aromatic rings. The van der Waals surface area contributed by atoms with E-state index in [9.17, 15) is 0 Å². The Morgan fingerprint density at radius 1 is 0.588 bits per heavy atom. The van der Waals surface area contributed by atoms with Gasteiger partial charge in [-0.05, 0) is 73.0 Å². The predicted octanol–water partition coefficient (Wildman–Crippen LogP) is 8.97. The number of benzene rings is 5. The SMILES string of the molecule is Cc1cccc(-n2c3ccccc3c3cc(-c4ccc5c(oc6ccccc65)c4C)ccc32)c1. The summed E-state index contributed by atoms with van der Waals surface area (Å²) in [5.41, 5.74) is 10.4. The molecule has 0 radical (unpaired) electrons. The molecule has 2 aromatic heterocycles. The van der Waals surface area contributed by atoms with E-state index in [1.54, 1.807) is 0 Å². The zero-order valence-corrected chi connectivity index (χ0v) is 19.2. The van der Waals surface area contributed by atoms with Crippen molar-refractivity contribution < 1.29 is 4.42 Å². The number of furan rings is 1. The van der Waals surface area contributed by atoms with Crippen LogP contribution in [0, 0.1) is 13.8 Å². The van der Waals surface area contributed by atoms with E-state index in [2.05, 4.69) is 109 Å². The molecule has 0 fully saturated rings. The van der Waals surface area contributed by atoms with Crippen LogP contribution in [0.2, 0.25) is 0 Å². The zero-order chi connectivity index (χ0) is 22.8. The van der Waals surface area contributed by atoms with Crippen molar-refractivity contribution in [3.63, 3.8) is 0 Å². The first-order valence-electron chi connectivity index (χ1n) is 11.7. The highest BCUT2D eigenvalue weighted by molar-refractivity contribution is 6.11. The van der Waals surface area contributed by atoms with Gasteiger partial charge in [-0.3, -0.25) is 0 Å². The molecule has 2 heterocycles. The molecule has 0 aliphatic heterocycles. The maximum atomic E-state index is 6.27. The van der Waals surface area contributed by atoms with Crippen molar-refractivity contribution in [1.29, 1.82) is 0 Å². The average molecular weight is 438 g/mol. The minimum atomic E-state index is 0.939. The first-order chi connectivity index (χ1) is 16.7. The van der Waals surface area contributed by atoms with Gasteiger partial charge in [-0.25, -0.2) is 0 Å². The minimum absolute atomic E-state index is 0.939. The van der Waals surface area contributed by atoms with Gasteiger partial charge in [-0.1, -0.05) is 60.7 Å². The molecule has 162 valence electrons. The summed E-state index contributed by atoms with van der Waals surface area (Å²) in [6, 6.07) is 36.9.